The molecular formula is C10H12N4O2. The Morgan fingerprint density at radius 2 is 2.25 bits per heavy atom. The highest BCUT2D eigenvalue weighted by atomic mass is 16.2. The molecule has 1 aromatic heterocycles. The Morgan fingerprint density at radius 3 is 2.88 bits per heavy atom. The average Bonchev–Trinajstić information content (AvgIpc) is 2.83. The summed E-state index contributed by atoms with van der Waals surface area (Å²) in [5.41, 5.74) is 0.258. The van der Waals surface area contributed by atoms with Gasteiger partial charge in [-0.2, -0.15) is 0 Å². The lowest BCUT2D eigenvalue weighted by Gasteiger charge is -2.29. The van der Waals surface area contributed by atoms with Gasteiger partial charge in [0, 0.05) is 18.3 Å². The van der Waals surface area contributed by atoms with Crippen molar-refractivity contribution >= 4 is 11.8 Å². The van der Waals surface area contributed by atoms with Crippen LogP contribution in [0.15, 0.2) is 12.5 Å². The van der Waals surface area contributed by atoms with E-state index in [1.165, 1.54) is 0 Å². The Kier molecular flexibility index (Phi) is 1.80. The van der Waals surface area contributed by atoms with Crippen molar-refractivity contribution in [2.45, 2.75) is 30.8 Å². The minimum Gasteiger partial charge on any atom is -0.348 e. The van der Waals surface area contributed by atoms with Crippen LogP contribution >= 0.6 is 0 Å². The maximum Gasteiger partial charge on any atom is 0.246 e. The highest BCUT2D eigenvalue weighted by Crippen LogP contribution is 2.37. The predicted molar refractivity (Wildman–Crippen MR) is 54.3 cm³/mol. The van der Waals surface area contributed by atoms with Gasteiger partial charge in [0.2, 0.25) is 11.8 Å². The van der Waals surface area contributed by atoms with Gasteiger partial charge in [-0.15, -0.1) is 0 Å². The normalized spacial score (nSPS) is 26.4. The second-order valence-corrected chi connectivity index (χ2v) is 4.38. The van der Waals surface area contributed by atoms with Crippen LogP contribution in [-0.4, -0.2) is 33.4 Å². The van der Waals surface area contributed by atoms with Crippen molar-refractivity contribution in [2.24, 2.45) is 0 Å². The molecule has 3 N–H and O–H groups in total. The van der Waals surface area contributed by atoms with Crippen LogP contribution in [-0.2, 0) is 16.0 Å². The van der Waals surface area contributed by atoms with Crippen molar-refractivity contribution in [1.29, 1.82) is 0 Å². The molecule has 1 aromatic rings. The molecule has 0 bridgehead atoms. The van der Waals surface area contributed by atoms with Gasteiger partial charge in [0.1, 0.15) is 11.6 Å². The molecule has 3 rings (SSSR count). The van der Waals surface area contributed by atoms with E-state index in [1.54, 1.807) is 12.5 Å². The van der Waals surface area contributed by atoms with Crippen LogP contribution in [0.4, 0.5) is 0 Å². The van der Waals surface area contributed by atoms with Gasteiger partial charge in [0.05, 0.1) is 6.33 Å². The first-order valence-corrected chi connectivity index (χ1v) is 5.30. The van der Waals surface area contributed by atoms with Crippen molar-refractivity contribution in [2.75, 3.05) is 0 Å². The largest absolute Gasteiger partial charge is 0.348 e. The number of H-pyrrole nitrogens is 1. The van der Waals surface area contributed by atoms with Crippen LogP contribution in [0.25, 0.3) is 0 Å². The van der Waals surface area contributed by atoms with Gasteiger partial charge in [-0.25, -0.2) is 4.98 Å². The van der Waals surface area contributed by atoms with Gasteiger partial charge in [0.15, 0.2) is 0 Å². The zero-order valence-corrected chi connectivity index (χ0v) is 8.62. The Labute approximate surface area is 91.8 Å². The fourth-order valence-corrected chi connectivity index (χ4v) is 1.98. The highest BCUT2D eigenvalue weighted by Gasteiger charge is 2.55. The summed E-state index contributed by atoms with van der Waals surface area (Å²) in [6.45, 7) is 0. The molecule has 6 heteroatoms. The topological polar surface area (TPSA) is 86.9 Å². The van der Waals surface area contributed by atoms with Crippen molar-refractivity contribution in [3.8, 4) is 0 Å². The Hall–Kier alpha value is -1.85. The summed E-state index contributed by atoms with van der Waals surface area (Å²) in [4.78, 5) is 30.3. The lowest BCUT2D eigenvalue weighted by molar-refractivity contribution is -0.137. The molecule has 6 nitrogen and oxygen atoms in total. The summed E-state index contributed by atoms with van der Waals surface area (Å²) in [6, 6.07) is -0.487. The van der Waals surface area contributed by atoms with E-state index >= 15 is 0 Å². The molecule has 2 heterocycles. The molecule has 0 aromatic carbocycles. The maximum atomic E-state index is 11.8. The fourth-order valence-electron chi connectivity index (χ4n) is 1.98. The molecule has 2 fully saturated rings. The van der Waals surface area contributed by atoms with Crippen LogP contribution < -0.4 is 10.6 Å². The first kappa shape index (κ1) is 9.38. The van der Waals surface area contributed by atoms with Gasteiger partial charge < -0.3 is 15.6 Å². The first-order chi connectivity index (χ1) is 7.70. The van der Waals surface area contributed by atoms with E-state index < -0.39 is 11.6 Å². The van der Waals surface area contributed by atoms with Crippen molar-refractivity contribution in [3.63, 3.8) is 0 Å². The number of hydrogen-bond acceptors (Lipinski definition) is 3. The third-order valence-electron chi connectivity index (χ3n) is 3.15. The number of imidazole rings is 1. The number of amides is 2. The van der Waals surface area contributed by atoms with Crippen molar-refractivity contribution < 1.29 is 9.59 Å². The number of piperazine rings is 1. The molecule has 1 spiro atoms. The number of rotatable bonds is 2. The van der Waals surface area contributed by atoms with Crippen molar-refractivity contribution in [3.05, 3.63) is 18.2 Å². The predicted octanol–water partition coefficient (Wildman–Crippen LogP) is -0.901. The molecule has 84 valence electrons. The molecule has 1 aliphatic carbocycles. The van der Waals surface area contributed by atoms with Crippen LogP contribution in [0.2, 0.25) is 0 Å². The van der Waals surface area contributed by atoms with Crippen LogP contribution in [0.5, 0.6) is 0 Å². The van der Waals surface area contributed by atoms with E-state index in [1.807, 2.05) is 0 Å². The SMILES string of the molecule is O=C1NC2(CC2)C(=O)N[C@H]1Cc1cnc[nH]1. The Balaban J connectivity index is 1.72. The van der Waals surface area contributed by atoms with Crippen LogP contribution in [0.3, 0.4) is 0 Å². The lowest BCUT2D eigenvalue weighted by atomic mass is 10.1. The summed E-state index contributed by atoms with van der Waals surface area (Å²) >= 11 is 0. The van der Waals surface area contributed by atoms with Gasteiger partial charge in [-0.05, 0) is 12.8 Å². The van der Waals surface area contributed by atoms with Crippen LogP contribution in [0.1, 0.15) is 18.5 Å². The molecular weight excluding hydrogens is 208 g/mol. The fraction of sp³-hybridized carbons (Fsp3) is 0.500. The highest BCUT2D eigenvalue weighted by molar-refractivity contribution is 6.01. The molecule has 16 heavy (non-hydrogen) atoms. The summed E-state index contributed by atoms with van der Waals surface area (Å²) in [6.07, 6.45) is 5.16. The smallest absolute Gasteiger partial charge is 0.246 e. The number of nitrogens with one attached hydrogen (secondary N) is 3. The summed E-state index contributed by atoms with van der Waals surface area (Å²) in [5.74, 6) is -0.164. The second kappa shape index (κ2) is 3.07. The molecule has 0 unspecified atom stereocenters. The molecule has 1 atom stereocenters. The minimum absolute atomic E-state index is 0.0587. The summed E-state index contributed by atoms with van der Waals surface area (Å²) in [5, 5.41) is 5.55. The number of carbonyl (C=O) groups is 2. The van der Waals surface area contributed by atoms with Crippen molar-refractivity contribution in [1.82, 2.24) is 20.6 Å². The first-order valence-electron chi connectivity index (χ1n) is 5.30. The minimum atomic E-state index is -0.582. The van der Waals surface area contributed by atoms with Gasteiger partial charge >= 0.3 is 0 Å². The van der Waals surface area contributed by atoms with Gasteiger partial charge in [0.25, 0.3) is 0 Å². The average molecular weight is 220 g/mol. The zero-order valence-electron chi connectivity index (χ0n) is 8.62. The Bertz CT molecular complexity index is 436. The molecule has 0 radical (unpaired) electrons. The van der Waals surface area contributed by atoms with E-state index in [9.17, 15) is 9.59 Å². The monoisotopic (exact) mass is 220 g/mol. The van der Waals surface area contributed by atoms with E-state index in [0.29, 0.717) is 6.42 Å². The molecule has 1 saturated carbocycles. The zero-order chi connectivity index (χ0) is 11.2. The quantitative estimate of drug-likeness (QED) is 0.603. The molecule has 1 saturated heterocycles. The lowest BCUT2D eigenvalue weighted by Crippen LogP contribution is -2.63. The number of aromatic amines is 1. The number of carbonyl (C=O) groups excluding carboxylic acids is 2. The Morgan fingerprint density at radius 1 is 1.44 bits per heavy atom. The standard InChI is InChI=1S/C10H12N4O2/c15-8-7(3-6-4-11-5-12-6)13-9(16)10(14-8)1-2-10/h4-5,7H,1-3H2,(H,11,12)(H,13,16)(H,14,15)/t7-/m0/s1. The second-order valence-electron chi connectivity index (χ2n) is 4.38. The molecule has 1 aliphatic heterocycles. The number of aromatic nitrogens is 2. The van der Waals surface area contributed by atoms with E-state index in [0.717, 1.165) is 18.5 Å². The van der Waals surface area contributed by atoms with E-state index in [4.69, 9.17) is 0 Å². The molecule has 2 amide bonds. The summed E-state index contributed by atoms with van der Waals surface area (Å²) in [7, 11) is 0. The third-order valence-corrected chi connectivity index (χ3v) is 3.15. The maximum absolute atomic E-state index is 11.8. The molecule has 2 aliphatic rings. The number of hydrogen-bond donors (Lipinski definition) is 3. The number of nitrogens with zero attached hydrogens (tertiary/aromatic N) is 1. The van der Waals surface area contributed by atoms with Crippen LogP contribution in [0, 0.1) is 0 Å². The summed E-state index contributed by atoms with van der Waals surface area (Å²) < 4.78 is 0. The van der Waals surface area contributed by atoms with E-state index in [-0.39, 0.29) is 11.8 Å². The third kappa shape index (κ3) is 1.37. The van der Waals surface area contributed by atoms with Gasteiger partial charge in [-0.1, -0.05) is 0 Å². The van der Waals surface area contributed by atoms with Gasteiger partial charge in [-0.3, -0.25) is 9.59 Å². The van der Waals surface area contributed by atoms with E-state index in [2.05, 4.69) is 20.6 Å².